The van der Waals surface area contributed by atoms with E-state index in [2.05, 4.69) is 10.6 Å². The highest BCUT2D eigenvalue weighted by Crippen LogP contribution is 2.23. The smallest absolute Gasteiger partial charge is 0.322 e. The molecule has 1 heterocycles. The van der Waals surface area contributed by atoms with Crippen molar-refractivity contribution in [2.24, 2.45) is 0 Å². The molecule has 2 amide bonds. The zero-order valence-electron chi connectivity index (χ0n) is 18.8. The van der Waals surface area contributed by atoms with Crippen LogP contribution in [0.1, 0.15) is 69.5 Å². The number of pyridine rings is 1. The molecule has 3 rings (SSSR count). The Bertz CT molecular complexity index is 1110. The van der Waals surface area contributed by atoms with Crippen molar-refractivity contribution in [3.63, 3.8) is 0 Å². The highest BCUT2D eigenvalue weighted by Gasteiger charge is 2.27. The summed E-state index contributed by atoms with van der Waals surface area (Å²) in [5.74, 6) is -3.69. The summed E-state index contributed by atoms with van der Waals surface area (Å²) < 4.78 is 1.19. The molecule has 0 unspecified atom stereocenters. The van der Waals surface area contributed by atoms with Gasteiger partial charge < -0.3 is 25.4 Å². The zero-order chi connectivity index (χ0) is 24.1. The van der Waals surface area contributed by atoms with Crippen LogP contribution in [0, 0.1) is 13.8 Å². The fraction of sp³-hybridized carbons (Fsp3) is 0.417. The molecule has 0 radical (unpaired) electrons. The van der Waals surface area contributed by atoms with E-state index in [4.69, 9.17) is 5.11 Å². The molecule has 9 heteroatoms. The number of nitrogens with one attached hydrogen (secondary N) is 2. The van der Waals surface area contributed by atoms with Crippen molar-refractivity contribution in [2.75, 3.05) is 6.54 Å². The summed E-state index contributed by atoms with van der Waals surface area (Å²) in [5.41, 5.74) is 1.10. The molecule has 0 atom stereocenters. The maximum absolute atomic E-state index is 13.1. The molecule has 176 valence electrons. The van der Waals surface area contributed by atoms with Gasteiger partial charge in [-0.1, -0.05) is 48.6 Å². The van der Waals surface area contributed by atoms with Gasteiger partial charge in [-0.05, 0) is 32.3 Å². The van der Waals surface area contributed by atoms with Gasteiger partial charge in [0.25, 0.3) is 17.4 Å². The van der Waals surface area contributed by atoms with E-state index in [-0.39, 0.29) is 18.2 Å². The summed E-state index contributed by atoms with van der Waals surface area (Å²) in [6.45, 7) is 3.19. The minimum absolute atomic E-state index is 0.0465. The van der Waals surface area contributed by atoms with E-state index in [1.54, 1.807) is 0 Å². The zero-order valence-corrected chi connectivity index (χ0v) is 18.8. The summed E-state index contributed by atoms with van der Waals surface area (Å²) >= 11 is 0. The van der Waals surface area contributed by atoms with Crippen molar-refractivity contribution >= 4 is 17.8 Å². The third kappa shape index (κ3) is 6.00. The highest BCUT2D eigenvalue weighted by atomic mass is 16.4. The average molecular weight is 456 g/mol. The number of aryl methyl sites for hydroxylation is 2. The predicted octanol–water partition coefficient (Wildman–Crippen LogP) is 2.10. The second-order valence-electron chi connectivity index (χ2n) is 8.58. The number of carbonyl (C=O) groups excluding carboxylic acids is 2. The van der Waals surface area contributed by atoms with Crippen LogP contribution in [0.5, 0.6) is 5.75 Å². The van der Waals surface area contributed by atoms with Gasteiger partial charge in [-0.2, -0.15) is 0 Å². The SMILES string of the molecule is Cc1cc(C)cc(Cn2cc(C(=O)NC3CCCCC3)c(O)c(C(=O)NCC(=O)O)c2=O)c1. The molecule has 1 saturated carbocycles. The molecule has 1 aliphatic carbocycles. The Morgan fingerprint density at radius 3 is 2.27 bits per heavy atom. The van der Waals surface area contributed by atoms with Crippen LogP contribution in [0.2, 0.25) is 0 Å². The van der Waals surface area contributed by atoms with Crippen LogP contribution in [0.25, 0.3) is 0 Å². The Hall–Kier alpha value is -3.62. The number of carboxylic acids is 1. The molecule has 0 bridgehead atoms. The van der Waals surface area contributed by atoms with Crippen LogP contribution in [-0.2, 0) is 11.3 Å². The number of aromatic nitrogens is 1. The lowest BCUT2D eigenvalue weighted by Gasteiger charge is -2.23. The molecule has 0 aliphatic heterocycles. The first-order valence-corrected chi connectivity index (χ1v) is 11.0. The molecule has 0 spiro atoms. The number of hydrogen-bond acceptors (Lipinski definition) is 5. The first-order valence-electron chi connectivity index (χ1n) is 11.0. The maximum Gasteiger partial charge on any atom is 0.322 e. The predicted molar refractivity (Wildman–Crippen MR) is 122 cm³/mol. The number of rotatable bonds is 7. The Balaban J connectivity index is 2.03. The van der Waals surface area contributed by atoms with Gasteiger partial charge >= 0.3 is 5.97 Å². The number of carbonyl (C=O) groups is 3. The molecule has 1 aliphatic rings. The Kier molecular flexibility index (Phi) is 7.52. The average Bonchev–Trinajstić information content (AvgIpc) is 2.74. The molecule has 1 aromatic heterocycles. The Morgan fingerprint density at radius 1 is 1.03 bits per heavy atom. The summed E-state index contributed by atoms with van der Waals surface area (Å²) in [6, 6.07) is 5.71. The van der Waals surface area contributed by atoms with Crippen molar-refractivity contribution in [2.45, 2.75) is 58.5 Å². The first-order chi connectivity index (χ1) is 15.7. The van der Waals surface area contributed by atoms with Crippen molar-refractivity contribution in [3.8, 4) is 5.75 Å². The minimum atomic E-state index is -1.30. The second-order valence-corrected chi connectivity index (χ2v) is 8.58. The summed E-state index contributed by atoms with van der Waals surface area (Å²) in [6.07, 6.45) is 5.98. The fourth-order valence-corrected chi connectivity index (χ4v) is 4.25. The lowest BCUT2D eigenvalue weighted by molar-refractivity contribution is -0.135. The normalized spacial score (nSPS) is 14.0. The van der Waals surface area contributed by atoms with Gasteiger partial charge in [-0.3, -0.25) is 19.2 Å². The van der Waals surface area contributed by atoms with E-state index in [1.165, 1.54) is 10.8 Å². The first kappa shape index (κ1) is 24.0. The molecule has 0 saturated heterocycles. The van der Waals surface area contributed by atoms with Gasteiger partial charge in [-0.15, -0.1) is 0 Å². The Labute approximate surface area is 191 Å². The van der Waals surface area contributed by atoms with Crippen molar-refractivity contribution in [3.05, 3.63) is 62.6 Å². The van der Waals surface area contributed by atoms with Gasteiger partial charge in [0.1, 0.15) is 17.9 Å². The fourth-order valence-electron chi connectivity index (χ4n) is 4.25. The molecule has 4 N–H and O–H groups in total. The lowest BCUT2D eigenvalue weighted by atomic mass is 9.95. The van der Waals surface area contributed by atoms with Crippen LogP contribution < -0.4 is 16.2 Å². The minimum Gasteiger partial charge on any atom is -0.506 e. The van der Waals surface area contributed by atoms with E-state index in [0.29, 0.717) is 0 Å². The van der Waals surface area contributed by atoms with Crippen LogP contribution in [0.4, 0.5) is 0 Å². The van der Waals surface area contributed by atoms with E-state index < -0.39 is 41.2 Å². The summed E-state index contributed by atoms with van der Waals surface area (Å²) in [7, 11) is 0. The van der Waals surface area contributed by atoms with E-state index >= 15 is 0 Å². The number of aromatic hydroxyl groups is 1. The molecule has 1 aromatic carbocycles. The third-order valence-corrected chi connectivity index (χ3v) is 5.70. The Morgan fingerprint density at radius 2 is 1.67 bits per heavy atom. The standard InChI is InChI=1S/C24H29N3O6/c1-14-8-15(2)10-16(9-14)12-27-13-18(22(31)26-17-6-4-3-5-7-17)21(30)20(24(27)33)23(32)25-11-19(28)29/h8-10,13,17,30H,3-7,11-12H2,1-2H3,(H,25,32)(H,26,31)(H,28,29). The number of nitrogens with zero attached hydrogens (tertiary/aromatic N) is 1. The van der Waals surface area contributed by atoms with Crippen LogP contribution >= 0.6 is 0 Å². The monoisotopic (exact) mass is 455 g/mol. The second kappa shape index (κ2) is 10.3. The van der Waals surface area contributed by atoms with Gasteiger partial charge in [0.2, 0.25) is 0 Å². The van der Waals surface area contributed by atoms with Gasteiger partial charge in [0.15, 0.2) is 0 Å². The number of amides is 2. The summed E-state index contributed by atoms with van der Waals surface area (Å²) in [4.78, 5) is 49.5. The summed E-state index contributed by atoms with van der Waals surface area (Å²) in [5, 5.41) is 24.5. The topological polar surface area (TPSA) is 138 Å². The molecule has 2 aromatic rings. The maximum atomic E-state index is 13.1. The van der Waals surface area contributed by atoms with Gasteiger partial charge in [-0.25, -0.2) is 0 Å². The third-order valence-electron chi connectivity index (χ3n) is 5.70. The number of hydrogen-bond donors (Lipinski definition) is 4. The van der Waals surface area contributed by atoms with Crippen molar-refractivity contribution in [1.82, 2.24) is 15.2 Å². The number of aliphatic carboxylic acids is 1. The molecular formula is C24H29N3O6. The van der Waals surface area contributed by atoms with E-state index in [1.807, 2.05) is 32.0 Å². The van der Waals surface area contributed by atoms with Crippen LogP contribution in [0.15, 0.2) is 29.2 Å². The van der Waals surface area contributed by atoms with Gasteiger partial charge in [0, 0.05) is 12.2 Å². The molecule has 9 nitrogen and oxygen atoms in total. The number of benzene rings is 1. The van der Waals surface area contributed by atoms with Crippen LogP contribution in [0.3, 0.4) is 0 Å². The highest BCUT2D eigenvalue weighted by molar-refractivity contribution is 6.04. The lowest BCUT2D eigenvalue weighted by Crippen LogP contribution is -2.39. The van der Waals surface area contributed by atoms with E-state index in [0.717, 1.165) is 48.8 Å². The van der Waals surface area contributed by atoms with Crippen molar-refractivity contribution < 1.29 is 24.6 Å². The van der Waals surface area contributed by atoms with Crippen molar-refractivity contribution in [1.29, 1.82) is 0 Å². The number of carboxylic acid groups (broad SMARTS) is 1. The van der Waals surface area contributed by atoms with E-state index in [9.17, 15) is 24.3 Å². The van der Waals surface area contributed by atoms with Crippen LogP contribution in [-0.4, -0.2) is 45.2 Å². The molecular weight excluding hydrogens is 426 g/mol. The molecule has 33 heavy (non-hydrogen) atoms. The largest absolute Gasteiger partial charge is 0.506 e. The quantitative estimate of drug-likeness (QED) is 0.504. The molecule has 1 fully saturated rings. The van der Waals surface area contributed by atoms with Gasteiger partial charge in [0.05, 0.1) is 12.1 Å².